The Hall–Kier alpha value is -3.18. The Morgan fingerprint density at radius 3 is 2.25 bits per heavy atom. The van der Waals surface area contributed by atoms with Crippen molar-refractivity contribution in [3.63, 3.8) is 0 Å². The van der Waals surface area contributed by atoms with Crippen LogP contribution in [-0.2, 0) is 28.7 Å². The zero-order valence-electron chi connectivity index (χ0n) is 16.8. The van der Waals surface area contributed by atoms with E-state index in [9.17, 15) is 9.59 Å². The minimum Gasteiger partial charge on any atom is -0.489 e. The van der Waals surface area contributed by atoms with Crippen LogP contribution in [0.3, 0.4) is 0 Å². The summed E-state index contributed by atoms with van der Waals surface area (Å²) < 4.78 is 15.5. The van der Waals surface area contributed by atoms with Crippen molar-refractivity contribution in [3.8, 4) is 5.75 Å². The maximum Gasteiger partial charge on any atom is 0.373 e. The number of hydrogen-bond donors (Lipinski definition) is 0. The predicted octanol–water partition coefficient (Wildman–Crippen LogP) is 3.20. The summed E-state index contributed by atoms with van der Waals surface area (Å²) in [5.74, 6) is -0.133. The van der Waals surface area contributed by atoms with Crippen LogP contribution in [0.1, 0.15) is 33.3 Å². The first-order valence-electron chi connectivity index (χ1n) is 8.64. The van der Waals surface area contributed by atoms with E-state index in [0.717, 1.165) is 5.56 Å². The van der Waals surface area contributed by atoms with E-state index < -0.39 is 5.97 Å². The lowest BCUT2D eigenvalue weighted by Gasteiger charge is -2.14. The molecule has 1 rings (SSSR count). The monoisotopic (exact) mass is 390 g/mol. The zero-order chi connectivity index (χ0) is 21.5. The maximum absolute atomic E-state index is 12.3. The average molecular weight is 390 g/mol. The number of carbonyl (C=O) groups is 2. The van der Waals surface area contributed by atoms with Crippen molar-refractivity contribution in [3.05, 3.63) is 47.6 Å². The number of methoxy groups -OCH3 is 1. The summed E-state index contributed by atoms with van der Waals surface area (Å²) in [6.07, 6.45) is 4.74. The van der Waals surface area contributed by atoms with E-state index in [1.54, 1.807) is 12.2 Å². The van der Waals surface area contributed by atoms with Crippen LogP contribution in [0.25, 0.3) is 6.08 Å². The van der Waals surface area contributed by atoms with Crippen molar-refractivity contribution in [2.24, 2.45) is 5.92 Å². The highest BCUT2D eigenvalue weighted by Gasteiger charge is 2.17. The molecule has 1 aromatic rings. The first-order valence-corrected chi connectivity index (χ1v) is 8.64. The van der Waals surface area contributed by atoms with Gasteiger partial charge in [0, 0.05) is 17.2 Å². The van der Waals surface area contributed by atoms with Gasteiger partial charge in [0.2, 0.25) is 0 Å². The molecule has 28 heavy (non-hydrogen) atoms. The Kier molecular flexibility index (Phi) is 12.4. The molecule has 152 valence electrons. The van der Waals surface area contributed by atoms with Crippen LogP contribution in [0.5, 0.6) is 5.75 Å². The number of ether oxygens (including phenoxy) is 3. The third-order valence-electron chi connectivity index (χ3n) is 3.22. The van der Waals surface area contributed by atoms with E-state index in [1.165, 1.54) is 13.2 Å². The van der Waals surface area contributed by atoms with Crippen molar-refractivity contribution in [1.82, 2.24) is 0 Å². The Morgan fingerprint density at radius 1 is 1.11 bits per heavy atom. The summed E-state index contributed by atoms with van der Waals surface area (Å²) in [4.78, 5) is 39.6. The molecule has 0 unspecified atom stereocenters. The summed E-state index contributed by atoms with van der Waals surface area (Å²) in [5, 5.41) is 0. The minimum atomic E-state index is -0.435. The lowest BCUT2D eigenvalue weighted by atomic mass is 10.00. The number of para-hydroxylation sites is 1. The molecular formula is C21H26O7. The molecule has 0 fully saturated rings. The molecule has 0 spiro atoms. The number of benzene rings is 1. The molecule has 7 heteroatoms. The van der Waals surface area contributed by atoms with Crippen molar-refractivity contribution in [2.75, 3.05) is 13.7 Å². The molecule has 0 N–H and O–H groups in total. The van der Waals surface area contributed by atoms with E-state index in [1.807, 2.05) is 52.0 Å². The van der Waals surface area contributed by atoms with Gasteiger partial charge in [-0.2, -0.15) is 9.59 Å². The molecular weight excluding hydrogens is 364 g/mol. The second-order valence-corrected chi connectivity index (χ2v) is 6.07. The van der Waals surface area contributed by atoms with Crippen LogP contribution in [0.2, 0.25) is 0 Å². The van der Waals surface area contributed by atoms with Gasteiger partial charge in [-0.05, 0) is 38.0 Å². The third-order valence-corrected chi connectivity index (χ3v) is 3.22. The fourth-order valence-corrected chi connectivity index (χ4v) is 1.99. The first kappa shape index (κ1) is 24.8. The number of rotatable bonds is 8. The van der Waals surface area contributed by atoms with Gasteiger partial charge >= 0.3 is 18.1 Å². The van der Waals surface area contributed by atoms with Crippen molar-refractivity contribution < 1.29 is 33.4 Å². The molecule has 1 aromatic carbocycles. The lowest BCUT2D eigenvalue weighted by Crippen LogP contribution is -2.16. The molecule has 0 aliphatic rings. The summed E-state index contributed by atoms with van der Waals surface area (Å²) in [6.45, 7) is 7.74. The van der Waals surface area contributed by atoms with Crippen LogP contribution in [0, 0.1) is 5.92 Å². The highest BCUT2D eigenvalue weighted by molar-refractivity contribution is 5.94. The SMILES string of the molecule is COC(=O)/C=C/COc1ccccc1/C=C(/C(=O)OC(C)C)C(C)C.O=C=O. The molecule has 0 atom stereocenters. The highest BCUT2D eigenvalue weighted by Crippen LogP contribution is 2.24. The first-order chi connectivity index (χ1) is 13.3. The number of carbonyl (C=O) groups excluding carboxylic acids is 4. The fourth-order valence-electron chi connectivity index (χ4n) is 1.99. The molecule has 0 radical (unpaired) electrons. The zero-order valence-corrected chi connectivity index (χ0v) is 16.8. The van der Waals surface area contributed by atoms with E-state index in [0.29, 0.717) is 11.3 Å². The van der Waals surface area contributed by atoms with Gasteiger partial charge in [-0.3, -0.25) is 0 Å². The fraction of sp³-hybridized carbons (Fsp3) is 0.381. The van der Waals surface area contributed by atoms with E-state index in [-0.39, 0.29) is 30.7 Å². The molecule has 0 bridgehead atoms. The predicted molar refractivity (Wildman–Crippen MR) is 102 cm³/mol. The molecule has 0 aromatic heterocycles. The van der Waals surface area contributed by atoms with E-state index >= 15 is 0 Å². The molecule has 0 saturated carbocycles. The van der Waals surface area contributed by atoms with Gasteiger partial charge in [0.05, 0.1) is 13.2 Å². The quantitative estimate of drug-likeness (QED) is 0.497. The molecule has 7 nitrogen and oxygen atoms in total. The van der Waals surface area contributed by atoms with Crippen LogP contribution < -0.4 is 4.74 Å². The summed E-state index contributed by atoms with van der Waals surface area (Å²) >= 11 is 0. The minimum absolute atomic E-state index is 0.0125. The Bertz CT molecular complexity index is 724. The molecule has 0 aliphatic carbocycles. The van der Waals surface area contributed by atoms with Gasteiger partial charge < -0.3 is 14.2 Å². The Balaban J connectivity index is 0.00000227. The lowest BCUT2D eigenvalue weighted by molar-refractivity contribution is -0.191. The number of hydrogen-bond acceptors (Lipinski definition) is 7. The topological polar surface area (TPSA) is 96.0 Å². The summed E-state index contributed by atoms with van der Waals surface area (Å²) in [6, 6.07) is 7.39. The van der Waals surface area contributed by atoms with E-state index in [2.05, 4.69) is 4.74 Å². The van der Waals surface area contributed by atoms with E-state index in [4.69, 9.17) is 19.1 Å². The van der Waals surface area contributed by atoms with Gasteiger partial charge in [0.25, 0.3) is 0 Å². The average Bonchev–Trinajstić information content (AvgIpc) is 2.63. The van der Waals surface area contributed by atoms with Crippen molar-refractivity contribution in [2.45, 2.75) is 33.8 Å². The second kappa shape index (κ2) is 13.9. The van der Waals surface area contributed by atoms with Crippen LogP contribution in [0.4, 0.5) is 0 Å². The Morgan fingerprint density at radius 2 is 1.71 bits per heavy atom. The standard InChI is InChI=1S/C20H26O5.CO2/c1-14(2)17(20(22)25-15(3)4)13-16-9-6-7-10-18(16)24-12-8-11-19(21)23-5;2-1-3/h6-11,13-15H,12H2,1-5H3;/b11-8+,17-13+;. The van der Waals surface area contributed by atoms with Gasteiger partial charge in [-0.25, -0.2) is 9.59 Å². The molecule has 0 saturated heterocycles. The van der Waals surface area contributed by atoms with Gasteiger partial charge in [0.15, 0.2) is 0 Å². The summed E-state index contributed by atoms with van der Waals surface area (Å²) in [5.41, 5.74) is 1.35. The number of esters is 2. The normalized spacial score (nSPS) is 10.9. The van der Waals surface area contributed by atoms with Gasteiger partial charge in [-0.1, -0.05) is 32.0 Å². The molecule has 0 aliphatic heterocycles. The van der Waals surface area contributed by atoms with Crippen molar-refractivity contribution >= 4 is 24.2 Å². The third kappa shape index (κ3) is 10.1. The van der Waals surface area contributed by atoms with Crippen LogP contribution in [-0.4, -0.2) is 37.9 Å². The van der Waals surface area contributed by atoms with Crippen LogP contribution >= 0.6 is 0 Å². The van der Waals surface area contributed by atoms with Crippen LogP contribution in [0.15, 0.2) is 42.0 Å². The largest absolute Gasteiger partial charge is 0.489 e. The Labute approximate surface area is 165 Å². The summed E-state index contributed by atoms with van der Waals surface area (Å²) in [7, 11) is 1.32. The smallest absolute Gasteiger partial charge is 0.373 e. The van der Waals surface area contributed by atoms with Gasteiger partial charge in [-0.15, -0.1) is 0 Å². The second-order valence-electron chi connectivity index (χ2n) is 6.07. The molecule has 0 heterocycles. The maximum atomic E-state index is 12.3. The van der Waals surface area contributed by atoms with Gasteiger partial charge in [0.1, 0.15) is 12.4 Å². The molecule has 0 amide bonds. The highest BCUT2D eigenvalue weighted by atomic mass is 16.5. The van der Waals surface area contributed by atoms with Crippen molar-refractivity contribution in [1.29, 1.82) is 0 Å².